The second kappa shape index (κ2) is 11.9. The summed E-state index contributed by atoms with van der Waals surface area (Å²) in [7, 11) is 0. The van der Waals surface area contributed by atoms with Crippen LogP contribution in [0.1, 0.15) is 61.8 Å². The summed E-state index contributed by atoms with van der Waals surface area (Å²) in [6.07, 6.45) is 6.62. The van der Waals surface area contributed by atoms with Crippen molar-refractivity contribution >= 4 is 49.8 Å². The van der Waals surface area contributed by atoms with Gasteiger partial charge in [-0.05, 0) is 123 Å². The molecule has 212 valence electrons. The van der Waals surface area contributed by atoms with E-state index in [1.807, 2.05) is 0 Å². The van der Waals surface area contributed by atoms with Gasteiger partial charge in [0.2, 0.25) is 0 Å². The number of hydrogen-bond donors (Lipinski definition) is 0. The number of allylic oxidation sites excluding steroid dienone is 2. The third-order valence-electron chi connectivity index (χ3n) is 9.01. The minimum Gasteiger partial charge on any atom is -0.310 e. The lowest BCUT2D eigenvalue weighted by Gasteiger charge is -2.27. The average Bonchev–Trinajstić information content (AvgIpc) is 3.50. The molecule has 0 spiro atoms. The smallest absolute Gasteiger partial charge is 0.0500 e. The Bertz CT molecular complexity index is 1890. The lowest BCUT2D eigenvalue weighted by atomic mass is 9.86. The highest BCUT2D eigenvalue weighted by atomic mass is 15.1. The lowest BCUT2D eigenvalue weighted by Crippen LogP contribution is -2.11. The van der Waals surface area contributed by atoms with Gasteiger partial charge < -0.3 is 4.90 Å². The number of benzene rings is 6. The first-order valence-electron chi connectivity index (χ1n) is 16.0. The molecule has 0 saturated heterocycles. The van der Waals surface area contributed by atoms with E-state index < -0.39 is 0 Å². The fraction of sp³-hybridized carbons (Fsp3) is 0.190. The second-order valence-electron chi connectivity index (χ2n) is 11.8. The van der Waals surface area contributed by atoms with Crippen molar-refractivity contribution in [3.63, 3.8) is 0 Å². The molecule has 0 unspecified atom stereocenters. The van der Waals surface area contributed by atoms with E-state index in [9.17, 15) is 0 Å². The zero-order chi connectivity index (χ0) is 29.2. The number of aryl methyl sites for hydroxylation is 2. The van der Waals surface area contributed by atoms with Gasteiger partial charge in [0.15, 0.2) is 0 Å². The summed E-state index contributed by atoms with van der Waals surface area (Å²) < 4.78 is 0. The number of rotatable bonds is 9. The van der Waals surface area contributed by atoms with Gasteiger partial charge in [-0.2, -0.15) is 0 Å². The molecule has 0 atom stereocenters. The van der Waals surface area contributed by atoms with Crippen LogP contribution in [0.15, 0.2) is 127 Å². The molecule has 0 saturated carbocycles. The van der Waals surface area contributed by atoms with Crippen LogP contribution in [0.2, 0.25) is 0 Å². The van der Waals surface area contributed by atoms with Crippen LogP contribution in [-0.2, 0) is 12.8 Å². The van der Waals surface area contributed by atoms with Gasteiger partial charge in [0, 0.05) is 17.1 Å². The first-order valence-corrected chi connectivity index (χ1v) is 16.0. The Morgan fingerprint density at radius 2 is 1.12 bits per heavy atom. The third-order valence-corrected chi connectivity index (χ3v) is 9.01. The van der Waals surface area contributed by atoms with Crippen LogP contribution in [0.3, 0.4) is 0 Å². The fourth-order valence-electron chi connectivity index (χ4n) is 7.11. The van der Waals surface area contributed by atoms with Crippen LogP contribution < -0.4 is 4.90 Å². The molecule has 1 heteroatoms. The van der Waals surface area contributed by atoms with Crippen molar-refractivity contribution in [3.05, 3.63) is 150 Å². The molecule has 0 aromatic heterocycles. The Kier molecular flexibility index (Phi) is 7.56. The van der Waals surface area contributed by atoms with Gasteiger partial charge >= 0.3 is 0 Å². The maximum Gasteiger partial charge on any atom is 0.0500 e. The molecule has 0 heterocycles. The van der Waals surface area contributed by atoms with Crippen molar-refractivity contribution in [2.24, 2.45) is 0 Å². The van der Waals surface area contributed by atoms with Crippen LogP contribution >= 0.6 is 0 Å². The molecule has 1 aliphatic rings. The van der Waals surface area contributed by atoms with Gasteiger partial charge in [0.25, 0.3) is 0 Å². The summed E-state index contributed by atoms with van der Waals surface area (Å²) in [6, 6.07) is 47.1. The Labute approximate surface area is 256 Å². The normalized spacial score (nSPS) is 13.0. The van der Waals surface area contributed by atoms with E-state index in [4.69, 9.17) is 0 Å². The van der Waals surface area contributed by atoms with Crippen LogP contribution in [-0.4, -0.2) is 0 Å². The van der Waals surface area contributed by atoms with Crippen LogP contribution in [0.5, 0.6) is 0 Å². The standard InChI is InChI=1S/C42H39N/c1-3-13-38(32-22-21-30-15-11-12-16-31(30)27-32)39(14-4-2)35-28-33-23-25-40-41(26-24-34(29-35)42(33)40)43(36-17-7-5-8-18-36)37-19-9-6-10-20-37/h5-12,15-22,24,26-29H,3-4,13-14,23,25H2,1-2H3. The summed E-state index contributed by atoms with van der Waals surface area (Å²) in [5.74, 6) is 0. The topological polar surface area (TPSA) is 3.24 Å². The fourth-order valence-corrected chi connectivity index (χ4v) is 7.11. The number of anilines is 3. The largest absolute Gasteiger partial charge is 0.310 e. The summed E-state index contributed by atoms with van der Waals surface area (Å²) in [4.78, 5) is 2.43. The molecule has 0 bridgehead atoms. The quantitative estimate of drug-likeness (QED) is 0.160. The number of para-hydroxylation sites is 2. The van der Waals surface area contributed by atoms with Crippen LogP contribution in [0.4, 0.5) is 17.1 Å². The minimum absolute atomic E-state index is 1.07. The molecule has 7 rings (SSSR count). The highest BCUT2D eigenvalue weighted by molar-refractivity contribution is 6.01. The monoisotopic (exact) mass is 557 g/mol. The predicted octanol–water partition coefficient (Wildman–Crippen LogP) is 12.1. The molecule has 6 aromatic rings. The molecule has 0 aliphatic heterocycles. The van der Waals surface area contributed by atoms with Gasteiger partial charge in [-0.3, -0.25) is 0 Å². The predicted molar refractivity (Wildman–Crippen MR) is 187 cm³/mol. The van der Waals surface area contributed by atoms with Gasteiger partial charge in [-0.15, -0.1) is 0 Å². The molecule has 1 nitrogen and oxygen atoms in total. The maximum absolute atomic E-state index is 2.53. The van der Waals surface area contributed by atoms with E-state index in [0.29, 0.717) is 0 Å². The van der Waals surface area contributed by atoms with Crippen molar-refractivity contribution < 1.29 is 0 Å². The molecule has 43 heavy (non-hydrogen) atoms. The highest BCUT2D eigenvalue weighted by Gasteiger charge is 2.24. The molecule has 0 N–H and O–H groups in total. The van der Waals surface area contributed by atoms with E-state index in [-0.39, 0.29) is 0 Å². The average molecular weight is 558 g/mol. The van der Waals surface area contributed by atoms with Gasteiger partial charge in [0.1, 0.15) is 0 Å². The second-order valence-corrected chi connectivity index (χ2v) is 11.8. The lowest BCUT2D eigenvalue weighted by molar-refractivity contribution is 0.944. The van der Waals surface area contributed by atoms with E-state index in [1.165, 1.54) is 72.0 Å². The van der Waals surface area contributed by atoms with Crippen molar-refractivity contribution in [2.45, 2.75) is 52.4 Å². The SMILES string of the molecule is CCCC(=C(CCC)c1cc2c3c(c(N(c4ccccc4)c4ccccc4)ccc3c1)CC2)c1ccc2ccccc2c1. The van der Waals surface area contributed by atoms with E-state index in [0.717, 1.165) is 38.5 Å². The first kappa shape index (κ1) is 27.2. The maximum atomic E-state index is 2.53. The van der Waals surface area contributed by atoms with Crippen molar-refractivity contribution in [2.75, 3.05) is 4.90 Å². The molecule has 1 aliphatic carbocycles. The molecular formula is C42H39N. The van der Waals surface area contributed by atoms with E-state index in [2.05, 4.69) is 146 Å². The zero-order valence-electron chi connectivity index (χ0n) is 25.3. The summed E-state index contributed by atoms with van der Waals surface area (Å²) >= 11 is 0. The molecule has 6 aromatic carbocycles. The number of nitrogens with zero attached hydrogens (tertiary/aromatic N) is 1. The van der Waals surface area contributed by atoms with Crippen LogP contribution in [0, 0.1) is 0 Å². The molecule has 0 fully saturated rings. The van der Waals surface area contributed by atoms with Gasteiger partial charge in [-0.1, -0.05) is 112 Å². The molecular weight excluding hydrogens is 518 g/mol. The van der Waals surface area contributed by atoms with Crippen molar-refractivity contribution in [1.29, 1.82) is 0 Å². The summed E-state index contributed by atoms with van der Waals surface area (Å²) in [6.45, 7) is 4.62. The highest BCUT2D eigenvalue weighted by Crippen LogP contribution is 2.45. The Hall–Kier alpha value is -4.62. The van der Waals surface area contributed by atoms with E-state index >= 15 is 0 Å². The minimum atomic E-state index is 1.07. The third kappa shape index (κ3) is 5.14. The van der Waals surface area contributed by atoms with Gasteiger partial charge in [-0.25, -0.2) is 0 Å². The van der Waals surface area contributed by atoms with Crippen molar-refractivity contribution in [1.82, 2.24) is 0 Å². The van der Waals surface area contributed by atoms with Crippen molar-refractivity contribution in [3.8, 4) is 0 Å². The van der Waals surface area contributed by atoms with E-state index in [1.54, 1.807) is 0 Å². The number of hydrogen-bond acceptors (Lipinski definition) is 1. The Morgan fingerprint density at radius 1 is 0.535 bits per heavy atom. The molecule has 0 amide bonds. The first-order chi connectivity index (χ1) is 21.2. The zero-order valence-corrected chi connectivity index (χ0v) is 25.3. The Morgan fingerprint density at radius 3 is 1.79 bits per heavy atom. The summed E-state index contributed by atoms with van der Waals surface area (Å²) in [5.41, 5.74) is 12.5. The van der Waals surface area contributed by atoms with Gasteiger partial charge in [0.05, 0.1) is 0 Å². The Balaban J connectivity index is 1.39. The van der Waals surface area contributed by atoms with Crippen LogP contribution in [0.25, 0.3) is 32.7 Å². The number of fused-ring (bicyclic) bond motifs is 1. The summed E-state index contributed by atoms with van der Waals surface area (Å²) in [5, 5.41) is 5.45. The molecule has 0 radical (unpaired) electrons.